The van der Waals surface area contributed by atoms with Crippen molar-refractivity contribution in [3.63, 3.8) is 0 Å². The van der Waals surface area contributed by atoms with E-state index in [0.717, 1.165) is 17.2 Å². The molecule has 2 saturated heterocycles. The van der Waals surface area contributed by atoms with Crippen molar-refractivity contribution in [3.05, 3.63) is 0 Å². The number of thioether (sulfide) groups is 1. The van der Waals surface area contributed by atoms with E-state index >= 15 is 0 Å². The normalized spacial score (nSPS) is 31.7. The molecule has 18 heavy (non-hydrogen) atoms. The van der Waals surface area contributed by atoms with Crippen molar-refractivity contribution < 1.29 is 0 Å². The number of rotatable bonds is 5. The van der Waals surface area contributed by atoms with E-state index in [1.54, 1.807) is 0 Å². The molecule has 0 amide bonds. The number of piperidine rings is 1. The average molecular weight is 270 g/mol. The van der Waals surface area contributed by atoms with Crippen molar-refractivity contribution in [2.45, 2.75) is 57.2 Å². The molecule has 0 radical (unpaired) electrons. The molecule has 0 aromatic carbocycles. The Morgan fingerprint density at radius 2 is 1.94 bits per heavy atom. The fraction of sp³-hybridized carbons (Fsp3) is 1.00. The lowest BCUT2D eigenvalue weighted by molar-refractivity contribution is 0.189. The highest BCUT2D eigenvalue weighted by atomic mass is 32.2. The molecule has 3 heteroatoms. The van der Waals surface area contributed by atoms with Gasteiger partial charge >= 0.3 is 0 Å². The zero-order valence-corrected chi connectivity index (χ0v) is 13.0. The van der Waals surface area contributed by atoms with Crippen molar-refractivity contribution in [3.8, 4) is 0 Å². The number of nitrogens with one attached hydrogen (secondary N) is 1. The Hall–Kier alpha value is 0.270. The maximum atomic E-state index is 3.77. The summed E-state index contributed by atoms with van der Waals surface area (Å²) in [7, 11) is 0. The van der Waals surface area contributed by atoms with Gasteiger partial charge in [0, 0.05) is 11.3 Å². The van der Waals surface area contributed by atoms with Crippen molar-refractivity contribution in [1.82, 2.24) is 10.2 Å². The molecule has 2 aliphatic rings. The molecule has 0 saturated carbocycles. The van der Waals surface area contributed by atoms with Gasteiger partial charge in [0.15, 0.2) is 0 Å². The minimum Gasteiger partial charge on any atom is -0.313 e. The van der Waals surface area contributed by atoms with Gasteiger partial charge in [0.05, 0.1) is 0 Å². The molecule has 2 aliphatic heterocycles. The Balaban J connectivity index is 1.53. The molecule has 1 N–H and O–H groups in total. The van der Waals surface area contributed by atoms with E-state index in [9.17, 15) is 0 Å². The van der Waals surface area contributed by atoms with Crippen LogP contribution in [0.15, 0.2) is 0 Å². The van der Waals surface area contributed by atoms with Crippen LogP contribution in [0.5, 0.6) is 0 Å². The molecule has 0 spiro atoms. The lowest BCUT2D eigenvalue weighted by Crippen LogP contribution is -2.41. The van der Waals surface area contributed by atoms with Crippen molar-refractivity contribution in [2.75, 3.05) is 31.9 Å². The maximum Gasteiger partial charge on any atom is 0.0184 e. The summed E-state index contributed by atoms with van der Waals surface area (Å²) in [4.78, 5) is 2.65. The first kappa shape index (κ1) is 14.7. The Bertz CT molecular complexity index is 227. The predicted octanol–water partition coefficient (Wildman–Crippen LogP) is 2.98. The van der Waals surface area contributed by atoms with Gasteiger partial charge in [-0.3, -0.25) is 0 Å². The second-order valence-corrected chi connectivity index (χ2v) is 7.64. The van der Waals surface area contributed by atoms with Crippen LogP contribution in [-0.4, -0.2) is 48.1 Å². The monoisotopic (exact) mass is 270 g/mol. The third kappa shape index (κ3) is 4.75. The first-order valence-electron chi connectivity index (χ1n) is 7.83. The van der Waals surface area contributed by atoms with Crippen molar-refractivity contribution in [1.29, 1.82) is 0 Å². The SMILES string of the molecule is CC1CCN(CCCNC2CCCSC2C)CC1. The summed E-state index contributed by atoms with van der Waals surface area (Å²) in [5.74, 6) is 2.32. The minimum absolute atomic E-state index is 0.769. The Kier molecular flexibility index (Phi) is 6.33. The Morgan fingerprint density at radius 1 is 1.17 bits per heavy atom. The van der Waals surface area contributed by atoms with E-state index in [2.05, 4.69) is 35.8 Å². The number of likely N-dealkylation sites (tertiary alicyclic amines) is 1. The second-order valence-electron chi connectivity index (χ2n) is 6.16. The van der Waals surface area contributed by atoms with E-state index < -0.39 is 0 Å². The van der Waals surface area contributed by atoms with E-state index in [-0.39, 0.29) is 0 Å². The molecule has 2 rings (SSSR count). The second kappa shape index (κ2) is 7.76. The molecule has 0 aliphatic carbocycles. The highest BCUT2D eigenvalue weighted by Crippen LogP contribution is 2.24. The van der Waals surface area contributed by atoms with Crippen molar-refractivity contribution >= 4 is 11.8 Å². The summed E-state index contributed by atoms with van der Waals surface area (Å²) in [5.41, 5.74) is 0. The first-order valence-corrected chi connectivity index (χ1v) is 8.88. The smallest absolute Gasteiger partial charge is 0.0184 e. The maximum absolute atomic E-state index is 3.77. The summed E-state index contributed by atoms with van der Waals surface area (Å²) in [5, 5.41) is 4.59. The molecule has 0 aromatic heterocycles. The third-order valence-electron chi connectivity index (χ3n) is 4.54. The standard InChI is InChI=1S/C15H30N2S/c1-13-6-10-17(11-7-13)9-4-8-16-15-5-3-12-18-14(15)2/h13-16H,3-12H2,1-2H3. The van der Waals surface area contributed by atoms with Gasteiger partial charge in [-0.1, -0.05) is 13.8 Å². The van der Waals surface area contributed by atoms with Crippen LogP contribution in [0.25, 0.3) is 0 Å². The molecule has 2 heterocycles. The van der Waals surface area contributed by atoms with E-state index in [4.69, 9.17) is 0 Å². The fourth-order valence-electron chi connectivity index (χ4n) is 3.07. The van der Waals surface area contributed by atoms with Crippen LogP contribution in [0, 0.1) is 5.92 Å². The highest BCUT2D eigenvalue weighted by Gasteiger charge is 2.21. The summed E-state index contributed by atoms with van der Waals surface area (Å²) >= 11 is 2.14. The molecule has 2 atom stereocenters. The molecule has 0 bridgehead atoms. The van der Waals surface area contributed by atoms with Crippen LogP contribution < -0.4 is 5.32 Å². The van der Waals surface area contributed by atoms with Crippen LogP contribution in [0.1, 0.15) is 46.0 Å². The largest absolute Gasteiger partial charge is 0.313 e. The zero-order chi connectivity index (χ0) is 12.8. The summed E-state index contributed by atoms with van der Waals surface area (Å²) < 4.78 is 0. The van der Waals surface area contributed by atoms with Gasteiger partial charge < -0.3 is 10.2 Å². The van der Waals surface area contributed by atoms with Gasteiger partial charge in [0.25, 0.3) is 0 Å². The molecular weight excluding hydrogens is 240 g/mol. The average Bonchev–Trinajstić information content (AvgIpc) is 2.39. The van der Waals surface area contributed by atoms with Gasteiger partial charge in [-0.2, -0.15) is 11.8 Å². The number of hydrogen-bond acceptors (Lipinski definition) is 3. The van der Waals surface area contributed by atoms with Crippen LogP contribution in [0.2, 0.25) is 0 Å². The highest BCUT2D eigenvalue weighted by molar-refractivity contribution is 7.99. The lowest BCUT2D eigenvalue weighted by atomic mass is 9.99. The van der Waals surface area contributed by atoms with Gasteiger partial charge in [0.2, 0.25) is 0 Å². The van der Waals surface area contributed by atoms with Gasteiger partial charge in [-0.15, -0.1) is 0 Å². The van der Waals surface area contributed by atoms with E-state index in [0.29, 0.717) is 0 Å². The molecular formula is C15H30N2S. The molecule has 2 fully saturated rings. The molecule has 2 unspecified atom stereocenters. The van der Waals surface area contributed by atoms with Crippen LogP contribution in [-0.2, 0) is 0 Å². The molecule has 106 valence electrons. The van der Waals surface area contributed by atoms with E-state index in [1.165, 1.54) is 64.0 Å². The lowest BCUT2D eigenvalue weighted by Gasteiger charge is -2.31. The predicted molar refractivity (Wildman–Crippen MR) is 82.4 cm³/mol. The molecule has 0 aromatic rings. The van der Waals surface area contributed by atoms with Gasteiger partial charge in [0.1, 0.15) is 0 Å². The third-order valence-corrected chi connectivity index (χ3v) is 5.92. The van der Waals surface area contributed by atoms with Gasteiger partial charge in [-0.25, -0.2) is 0 Å². The zero-order valence-electron chi connectivity index (χ0n) is 12.2. The molecule has 2 nitrogen and oxygen atoms in total. The summed E-state index contributed by atoms with van der Waals surface area (Å²) in [6.07, 6.45) is 6.92. The fourth-order valence-corrected chi connectivity index (χ4v) is 4.24. The van der Waals surface area contributed by atoms with Crippen LogP contribution in [0.3, 0.4) is 0 Å². The minimum atomic E-state index is 0.769. The number of nitrogens with zero attached hydrogens (tertiary/aromatic N) is 1. The van der Waals surface area contributed by atoms with Gasteiger partial charge in [-0.05, 0) is 70.0 Å². The van der Waals surface area contributed by atoms with Crippen LogP contribution >= 0.6 is 11.8 Å². The first-order chi connectivity index (χ1) is 8.75. The Morgan fingerprint density at radius 3 is 2.67 bits per heavy atom. The van der Waals surface area contributed by atoms with Crippen LogP contribution in [0.4, 0.5) is 0 Å². The Labute approximate surface area is 117 Å². The topological polar surface area (TPSA) is 15.3 Å². The number of hydrogen-bond donors (Lipinski definition) is 1. The summed E-state index contributed by atoms with van der Waals surface area (Å²) in [6, 6.07) is 0.769. The van der Waals surface area contributed by atoms with E-state index in [1.807, 2.05) is 0 Å². The van der Waals surface area contributed by atoms with Crippen molar-refractivity contribution in [2.24, 2.45) is 5.92 Å². The quantitative estimate of drug-likeness (QED) is 0.773. The summed E-state index contributed by atoms with van der Waals surface area (Å²) in [6.45, 7) is 9.94.